The zero-order valence-corrected chi connectivity index (χ0v) is 15.8. The van der Waals surface area contributed by atoms with E-state index in [1.165, 1.54) is 33.2 Å². The number of fused-ring (bicyclic) bond motifs is 2. The van der Waals surface area contributed by atoms with Gasteiger partial charge in [-0.05, 0) is 53.4 Å². The van der Waals surface area contributed by atoms with Crippen LogP contribution >= 0.6 is 0 Å². The van der Waals surface area contributed by atoms with Gasteiger partial charge in [-0.1, -0.05) is 18.2 Å². The van der Waals surface area contributed by atoms with E-state index in [9.17, 15) is 0 Å². The lowest BCUT2D eigenvalue weighted by molar-refractivity contribution is 0.122. The van der Waals surface area contributed by atoms with Gasteiger partial charge >= 0.3 is 0 Å². The third-order valence-corrected chi connectivity index (χ3v) is 5.88. The second kappa shape index (κ2) is 6.95. The molecular formula is C23H25N3O. The van der Waals surface area contributed by atoms with E-state index in [1.54, 1.807) is 0 Å². The first-order valence-corrected chi connectivity index (χ1v) is 9.76. The zero-order valence-electron chi connectivity index (χ0n) is 15.8. The highest BCUT2D eigenvalue weighted by molar-refractivity contribution is 5.82. The predicted molar refractivity (Wildman–Crippen MR) is 109 cm³/mol. The molecule has 0 saturated carbocycles. The molecule has 138 valence electrons. The van der Waals surface area contributed by atoms with Crippen molar-refractivity contribution in [3.8, 4) is 0 Å². The van der Waals surface area contributed by atoms with Crippen molar-refractivity contribution in [1.29, 1.82) is 0 Å². The van der Waals surface area contributed by atoms with Crippen molar-refractivity contribution in [2.45, 2.75) is 12.5 Å². The Hall–Kier alpha value is -2.43. The van der Waals surface area contributed by atoms with Crippen LogP contribution in [0.3, 0.4) is 0 Å². The Balaban J connectivity index is 1.53. The molecule has 1 unspecified atom stereocenters. The second-order valence-electron chi connectivity index (χ2n) is 7.71. The SMILES string of the molecule is CN1Cc2cc(N3CCOCC3)ccc2C(c2ccc3ccncc3c2)C1. The molecule has 0 aliphatic carbocycles. The number of ether oxygens (including phenoxy) is 1. The molecule has 4 heteroatoms. The van der Waals surface area contributed by atoms with Crippen molar-refractivity contribution < 1.29 is 4.74 Å². The predicted octanol–water partition coefficient (Wildman–Crippen LogP) is 3.65. The maximum Gasteiger partial charge on any atom is 0.0642 e. The third kappa shape index (κ3) is 3.20. The molecule has 1 atom stereocenters. The van der Waals surface area contributed by atoms with E-state index in [-0.39, 0.29) is 0 Å². The van der Waals surface area contributed by atoms with Gasteiger partial charge in [0.15, 0.2) is 0 Å². The Morgan fingerprint density at radius 1 is 1.00 bits per heavy atom. The number of hydrogen-bond donors (Lipinski definition) is 0. The summed E-state index contributed by atoms with van der Waals surface area (Å²) in [5, 5.41) is 2.47. The highest BCUT2D eigenvalue weighted by Crippen LogP contribution is 2.36. The summed E-state index contributed by atoms with van der Waals surface area (Å²) in [6.07, 6.45) is 3.83. The van der Waals surface area contributed by atoms with Gasteiger partial charge in [-0.25, -0.2) is 0 Å². The first-order chi connectivity index (χ1) is 13.3. The highest BCUT2D eigenvalue weighted by atomic mass is 16.5. The summed E-state index contributed by atoms with van der Waals surface area (Å²) in [4.78, 5) is 9.17. The number of benzene rings is 2. The summed E-state index contributed by atoms with van der Waals surface area (Å²) >= 11 is 0. The molecule has 2 aromatic carbocycles. The van der Waals surface area contributed by atoms with E-state index >= 15 is 0 Å². The van der Waals surface area contributed by atoms with Crippen LogP contribution in [0.15, 0.2) is 54.9 Å². The molecule has 0 radical (unpaired) electrons. The van der Waals surface area contributed by atoms with Crippen LogP contribution in [0.4, 0.5) is 5.69 Å². The molecule has 0 amide bonds. The summed E-state index contributed by atoms with van der Waals surface area (Å²) in [6, 6.07) is 15.9. The van der Waals surface area contributed by atoms with Crippen molar-refractivity contribution >= 4 is 16.5 Å². The molecule has 1 aromatic heterocycles. The number of aromatic nitrogens is 1. The summed E-state index contributed by atoms with van der Waals surface area (Å²) in [6.45, 7) is 5.68. The second-order valence-corrected chi connectivity index (χ2v) is 7.71. The molecule has 2 aliphatic rings. The first kappa shape index (κ1) is 16.7. The lowest BCUT2D eigenvalue weighted by atomic mass is 9.84. The normalized spacial score (nSPS) is 20.6. The molecule has 0 spiro atoms. The van der Waals surface area contributed by atoms with Gasteiger partial charge in [0.2, 0.25) is 0 Å². The van der Waals surface area contributed by atoms with Crippen molar-refractivity contribution in [3.05, 3.63) is 71.5 Å². The van der Waals surface area contributed by atoms with Crippen LogP contribution in [-0.4, -0.2) is 49.8 Å². The van der Waals surface area contributed by atoms with E-state index < -0.39 is 0 Å². The van der Waals surface area contributed by atoms with Gasteiger partial charge in [-0.3, -0.25) is 4.98 Å². The van der Waals surface area contributed by atoms with Crippen LogP contribution in [0.2, 0.25) is 0 Å². The highest BCUT2D eigenvalue weighted by Gasteiger charge is 2.26. The van der Waals surface area contributed by atoms with Gasteiger partial charge in [-0.2, -0.15) is 0 Å². The van der Waals surface area contributed by atoms with E-state index in [0.717, 1.165) is 39.4 Å². The van der Waals surface area contributed by atoms with E-state index in [1.807, 2.05) is 12.4 Å². The molecule has 2 aliphatic heterocycles. The maximum absolute atomic E-state index is 5.51. The fourth-order valence-corrected chi connectivity index (χ4v) is 4.46. The Bertz CT molecular complexity index is 965. The number of nitrogens with zero attached hydrogens (tertiary/aromatic N) is 3. The van der Waals surface area contributed by atoms with Crippen LogP contribution in [0.25, 0.3) is 10.8 Å². The molecule has 1 fully saturated rings. The van der Waals surface area contributed by atoms with Gasteiger partial charge in [-0.15, -0.1) is 0 Å². The summed E-state index contributed by atoms with van der Waals surface area (Å²) in [7, 11) is 2.22. The summed E-state index contributed by atoms with van der Waals surface area (Å²) in [5.74, 6) is 0.405. The summed E-state index contributed by atoms with van der Waals surface area (Å²) in [5.41, 5.74) is 5.62. The third-order valence-electron chi connectivity index (χ3n) is 5.88. The molecule has 0 bridgehead atoms. The fourth-order valence-electron chi connectivity index (χ4n) is 4.46. The van der Waals surface area contributed by atoms with E-state index in [2.05, 4.69) is 64.3 Å². The number of morpholine rings is 1. The van der Waals surface area contributed by atoms with Crippen LogP contribution < -0.4 is 4.90 Å². The number of pyridine rings is 1. The minimum Gasteiger partial charge on any atom is -0.378 e. The van der Waals surface area contributed by atoms with Crippen LogP contribution in [0.5, 0.6) is 0 Å². The topological polar surface area (TPSA) is 28.6 Å². The van der Waals surface area contributed by atoms with Crippen molar-refractivity contribution in [2.24, 2.45) is 0 Å². The van der Waals surface area contributed by atoms with Gasteiger partial charge in [0.05, 0.1) is 13.2 Å². The Kier molecular flexibility index (Phi) is 4.30. The Morgan fingerprint density at radius 3 is 2.78 bits per heavy atom. The Morgan fingerprint density at radius 2 is 1.89 bits per heavy atom. The van der Waals surface area contributed by atoms with E-state index in [0.29, 0.717) is 5.92 Å². The quantitative estimate of drug-likeness (QED) is 0.698. The largest absolute Gasteiger partial charge is 0.378 e. The monoisotopic (exact) mass is 359 g/mol. The van der Waals surface area contributed by atoms with Gasteiger partial charge < -0.3 is 14.5 Å². The molecular weight excluding hydrogens is 334 g/mol. The Labute approximate surface area is 160 Å². The van der Waals surface area contributed by atoms with Crippen LogP contribution in [0.1, 0.15) is 22.6 Å². The molecule has 0 N–H and O–H groups in total. The molecule has 27 heavy (non-hydrogen) atoms. The fraction of sp³-hybridized carbons (Fsp3) is 0.348. The van der Waals surface area contributed by atoms with Crippen molar-refractivity contribution in [3.63, 3.8) is 0 Å². The lowest BCUT2D eigenvalue weighted by Gasteiger charge is -2.35. The molecule has 4 nitrogen and oxygen atoms in total. The van der Waals surface area contributed by atoms with Crippen LogP contribution in [-0.2, 0) is 11.3 Å². The minimum atomic E-state index is 0.405. The van der Waals surface area contributed by atoms with Gasteiger partial charge in [0.25, 0.3) is 0 Å². The molecule has 3 heterocycles. The van der Waals surface area contributed by atoms with Gasteiger partial charge in [0.1, 0.15) is 0 Å². The van der Waals surface area contributed by atoms with Crippen molar-refractivity contribution in [2.75, 3.05) is 44.8 Å². The molecule has 3 aromatic rings. The van der Waals surface area contributed by atoms with Crippen molar-refractivity contribution in [1.82, 2.24) is 9.88 Å². The molecule has 5 rings (SSSR count). The summed E-state index contributed by atoms with van der Waals surface area (Å²) < 4.78 is 5.51. The maximum atomic E-state index is 5.51. The zero-order chi connectivity index (χ0) is 18.2. The standard InChI is InChI=1S/C23H25N3O/c1-25-15-20-13-21(26-8-10-27-11-9-26)4-5-22(20)23(16-25)18-3-2-17-6-7-24-14-19(17)12-18/h2-7,12-14,23H,8-11,15-16H2,1H3. The first-order valence-electron chi connectivity index (χ1n) is 9.76. The number of rotatable bonds is 2. The van der Waals surface area contributed by atoms with Gasteiger partial charge in [0, 0.05) is 55.6 Å². The number of hydrogen-bond acceptors (Lipinski definition) is 4. The van der Waals surface area contributed by atoms with E-state index in [4.69, 9.17) is 4.74 Å². The number of anilines is 1. The average Bonchev–Trinajstić information content (AvgIpc) is 2.73. The average molecular weight is 359 g/mol. The minimum absolute atomic E-state index is 0.405. The lowest BCUT2D eigenvalue weighted by Crippen LogP contribution is -2.36. The number of likely N-dealkylation sites (N-methyl/N-ethyl adjacent to an activating group) is 1. The molecule has 1 saturated heterocycles. The smallest absolute Gasteiger partial charge is 0.0642 e. The van der Waals surface area contributed by atoms with Crippen LogP contribution in [0, 0.1) is 0 Å².